The molecule has 1 unspecified atom stereocenters. The van der Waals surface area contributed by atoms with E-state index in [1.165, 1.54) is 4.90 Å². The van der Waals surface area contributed by atoms with Crippen LogP contribution in [0, 0.1) is 0 Å². The fraction of sp³-hybridized carbons (Fsp3) is 0.750. The zero-order chi connectivity index (χ0) is 10.4. The summed E-state index contributed by atoms with van der Waals surface area (Å²) in [6.07, 6.45) is 0.388. The molecule has 5 heteroatoms. The monoisotopic (exact) mass is 188 g/mol. The lowest BCUT2D eigenvalue weighted by Gasteiger charge is -2.18. The van der Waals surface area contributed by atoms with Gasteiger partial charge in [0.15, 0.2) is 0 Å². The Morgan fingerprint density at radius 1 is 1.46 bits per heavy atom. The normalized spacial score (nSPS) is 11.9. The van der Waals surface area contributed by atoms with Crippen molar-refractivity contribution in [2.75, 3.05) is 13.6 Å². The summed E-state index contributed by atoms with van der Waals surface area (Å²) in [5.74, 6) is -1.000. The van der Waals surface area contributed by atoms with Crippen LogP contribution in [-0.2, 0) is 4.79 Å². The van der Waals surface area contributed by atoms with E-state index in [1.54, 1.807) is 14.0 Å². The Hall–Kier alpha value is -1.26. The molecule has 0 saturated carbocycles. The number of aliphatic carboxylic acids is 1. The molecule has 76 valence electrons. The lowest BCUT2D eigenvalue weighted by Crippen LogP contribution is -2.46. The predicted molar refractivity (Wildman–Crippen MR) is 48.6 cm³/mol. The fourth-order valence-corrected chi connectivity index (χ4v) is 0.741. The summed E-state index contributed by atoms with van der Waals surface area (Å²) < 4.78 is 0. The molecule has 1 atom stereocenters. The van der Waals surface area contributed by atoms with Crippen molar-refractivity contribution in [2.24, 2.45) is 0 Å². The third-order valence-electron chi connectivity index (χ3n) is 1.83. The Morgan fingerprint density at radius 3 is 2.31 bits per heavy atom. The van der Waals surface area contributed by atoms with Crippen LogP contribution >= 0.6 is 0 Å². The highest BCUT2D eigenvalue weighted by molar-refractivity contribution is 5.82. The number of nitrogens with zero attached hydrogens (tertiary/aromatic N) is 1. The molecule has 0 aromatic heterocycles. The van der Waals surface area contributed by atoms with Gasteiger partial charge in [-0.15, -0.1) is 0 Å². The topological polar surface area (TPSA) is 69.6 Å². The van der Waals surface area contributed by atoms with E-state index in [4.69, 9.17) is 5.11 Å². The van der Waals surface area contributed by atoms with Crippen molar-refractivity contribution < 1.29 is 14.7 Å². The third-order valence-corrected chi connectivity index (χ3v) is 1.83. The van der Waals surface area contributed by atoms with E-state index >= 15 is 0 Å². The van der Waals surface area contributed by atoms with Gasteiger partial charge < -0.3 is 15.3 Å². The standard InChI is InChI=1S/C8H16N2O3/c1-4-6(7(11)12)9-8(13)10(3)5-2/h6H,4-5H2,1-3H3,(H,9,13)(H,11,12). The molecule has 0 heterocycles. The molecule has 0 radical (unpaired) electrons. The number of hydrogen-bond donors (Lipinski definition) is 2. The number of amides is 2. The largest absolute Gasteiger partial charge is 0.480 e. The number of carbonyl (C=O) groups is 2. The first-order valence-corrected chi connectivity index (χ1v) is 4.27. The van der Waals surface area contributed by atoms with E-state index in [2.05, 4.69) is 5.32 Å². The van der Waals surface area contributed by atoms with Crippen LogP contribution in [0.15, 0.2) is 0 Å². The Bertz CT molecular complexity index is 194. The molecule has 0 fully saturated rings. The van der Waals surface area contributed by atoms with Crippen molar-refractivity contribution in [1.29, 1.82) is 0 Å². The first kappa shape index (κ1) is 11.7. The number of carboxylic acid groups (broad SMARTS) is 1. The number of hydrogen-bond acceptors (Lipinski definition) is 2. The lowest BCUT2D eigenvalue weighted by molar-refractivity contribution is -0.139. The maximum atomic E-state index is 11.2. The molecule has 13 heavy (non-hydrogen) atoms. The van der Waals surface area contributed by atoms with Crippen molar-refractivity contribution in [3.63, 3.8) is 0 Å². The second-order valence-electron chi connectivity index (χ2n) is 2.76. The highest BCUT2D eigenvalue weighted by Gasteiger charge is 2.18. The average Bonchev–Trinajstić information content (AvgIpc) is 2.11. The highest BCUT2D eigenvalue weighted by Crippen LogP contribution is 1.93. The van der Waals surface area contributed by atoms with Crippen molar-refractivity contribution in [3.8, 4) is 0 Å². The minimum atomic E-state index is -1.000. The number of urea groups is 1. The zero-order valence-corrected chi connectivity index (χ0v) is 8.20. The SMILES string of the molecule is CCC(NC(=O)N(C)CC)C(=O)O. The van der Waals surface area contributed by atoms with E-state index in [1.807, 2.05) is 6.92 Å². The molecule has 0 aromatic rings. The molecular weight excluding hydrogens is 172 g/mol. The molecule has 2 N–H and O–H groups in total. The van der Waals surface area contributed by atoms with Gasteiger partial charge in [0.25, 0.3) is 0 Å². The Labute approximate surface area is 77.7 Å². The lowest BCUT2D eigenvalue weighted by atomic mass is 10.2. The average molecular weight is 188 g/mol. The van der Waals surface area contributed by atoms with E-state index in [-0.39, 0.29) is 6.03 Å². The van der Waals surface area contributed by atoms with Gasteiger partial charge >= 0.3 is 12.0 Å². The number of carbonyl (C=O) groups excluding carboxylic acids is 1. The molecule has 0 aliphatic carbocycles. The Balaban J connectivity index is 4.09. The Morgan fingerprint density at radius 2 is 2.00 bits per heavy atom. The minimum Gasteiger partial charge on any atom is -0.480 e. The summed E-state index contributed by atoms with van der Waals surface area (Å²) >= 11 is 0. The van der Waals surface area contributed by atoms with Crippen molar-refractivity contribution in [1.82, 2.24) is 10.2 Å². The van der Waals surface area contributed by atoms with E-state index in [0.29, 0.717) is 13.0 Å². The van der Waals surface area contributed by atoms with Crippen LogP contribution in [0.2, 0.25) is 0 Å². The highest BCUT2D eigenvalue weighted by atomic mass is 16.4. The quantitative estimate of drug-likeness (QED) is 0.675. The number of carboxylic acids is 1. The van der Waals surface area contributed by atoms with E-state index in [9.17, 15) is 9.59 Å². The molecule has 0 aromatic carbocycles. The fourth-order valence-electron chi connectivity index (χ4n) is 0.741. The van der Waals surface area contributed by atoms with E-state index < -0.39 is 12.0 Å². The van der Waals surface area contributed by atoms with Crippen molar-refractivity contribution in [3.05, 3.63) is 0 Å². The summed E-state index contributed by atoms with van der Waals surface area (Å²) in [5.41, 5.74) is 0. The molecule has 0 aliphatic heterocycles. The van der Waals surface area contributed by atoms with Gasteiger partial charge in [-0.05, 0) is 13.3 Å². The van der Waals surface area contributed by atoms with Gasteiger partial charge in [0.05, 0.1) is 0 Å². The smallest absolute Gasteiger partial charge is 0.326 e. The van der Waals surface area contributed by atoms with E-state index in [0.717, 1.165) is 0 Å². The predicted octanol–water partition coefficient (Wildman–Crippen LogP) is 0.511. The van der Waals surface area contributed by atoms with Crippen LogP contribution in [0.4, 0.5) is 4.79 Å². The summed E-state index contributed by atoms with van der Waals surface area (Å²) in [6, 6.07) is -1.14. The molecule has 0 spiro atoms. The van der Waals surface area contributed by atoms with Crippen LogP contribution in [-0.4, -0.2) is 41.6 Å². The van der Waals surface area contributed by atoms with Gasteiger partial charge in [-0.1, -0.05) is 6.92 Å². The van der Waals surface area contributed by atoms with Gasteiger partial charge in [0, 0.05) is 13.6 Å². The van der Waals surface area contributed by atoms with Gasteiger partial charge in [0.2, 0.25) is 0 Å². The van der Waals surface area contributed by atoms with Gasteiger partial charge in [-0.2, -0.15) is 0 Å². The molecule has 5 nitrogen and oxygen atoms in total. The van der Waals surface area contributed by atoms with Crippen molar-refractivity contribution in [2.45, 2.75) is 26.3 Å². The molecule has 2 amide bonds. The maximum Gasteiger partial charge on any atom is 0.326 e. The van der Waals surface area contributed by atoms with Crippen LogP contribution in [0.25, 0.3) is 0 Å². The van der Waals surface area contributed by atoms with Gasteiger partial charge in [-0.3, -0.25) is 0 Å². The summed E-state index contributed by atoms with van der Waals surface area (Å²) in [4.78, 5) is 23.2. The second kappa shape index (κ2) is 5.40. The van der Waals surface area contributed by atoms with Crippen LogP contribution < -0.4 is 5.32 Å². The van der Waals surface area contributed by atoms with Gasteiger partial charge in [-0.25, -0.2) is 9.59 Å². The molecule has 0 rings (SSSR count). The first-order valence-electron chi connectivity index (χ1n) is 4.27. The summed E-state index contributed by atoms with van der Waals surface area (Å²) in [6.45, 7) is 4.09. The maximum absolute atomic E-state index is 11.2. The zero-order valence-electron chi connectivity index (χ0n) is 8.20. The molecule has 0 aliphatic rings. The summed E-state index contributed by atoms with van der Waals surface area (Å²) in [7, 11) is 1.61. The second-order valence-corrected chi connectivity index (χ2v) is 2.76. The van der Waals surface area contributed by atoms with Crippen LogP contribution in [0.1, 0.15) is 20.3 Å². The first-order chi connectivity index (χ1) is 6.02. The van der Waals surface area contributed by atoms with Crippen LogP contribution in [0.5, 0.6) is 0 Å². The minimum absolute atomic E-state index is 0.350. The molecule has 0 saturated heterocycles. The van der Waals surface area contributed by atoms with Gasteiger partial charge in [0.1, 0.15) is 6.04 Å². The Kier molecular flexibility index (Phi) is 4.87. The summed E-state index contributed by atoms with van der Waals surface area (Å²) in [5, 5.41) is 11.0. The number of nitrogens with one attached hydrogen (secondary N) is 1. The molecule has 0 bridgehead atoms. The van der Waals surface area contributed by atoms with Crippen molar-refractivity contribution >= 4 is 12.0 Å². The molecular formula is C8H16N2O3. The van der Waals surface area contributed by atoms with Crippen LogP contribution in [0.3, 0.4) is 0 Å². The number of rotatable bonds is 4. The third kappa shape index (κ3) is 3.78.